The minimum absolute atomic E-state index is 0.0579. The molecule has 88 valence electrons. The van der Waals surface area contributed by atoms with Gasteiger partial charge in [0.15, 0.2) is 0 Å². The van der Waals surface area contributed by atoms with E-state index in [-0.39, 0.29) is 5.91 Å². The highest BCUT2D eigenvalue weighted by Gasteiger charge is 1.99. The van der Waals surface area contributed by atoms with Crippen LogP contribution in [-0.4, -0.2) is 24.0 Å². The first-order chi connectivity index (χ1) is 7.83. The van der Waals surface area contributed by atoms with Crippen molar-refractivity contribution in [3.05, 3.63) is 30.1 Å². The van der Waals surface area contributed by atoms with E-state index in [4.69, 9.17) is 0 Å². The van der Waals surface area contributed by atoms with Crippen molar-refractivity contribution in [1.82, 2.24) is 15.6 Å². The maximum atomic E-state index is 11.3. The zero-order chi connectivity index (χ0) is 11.6. The van der Waals surface area contributed by atoms with Crippen LogP contribution in [-0.2, 0) is 11.3 Å². The van der Waals surface area contributed by atoms with Crippen molar-refractivity contribution < 1.29 is 4.79 Å². The summed E-state index contributed by atoms with van der Waals surface area (Å²) in [6.45, 7) is 3.94. The Kier molecular flexibility index (Phi) is 6.18. The molecule has 0 aliphatic carbocycles. The van der Waals surface area contributed by atoms with Crippen molar-refractivity contribution in [3.8, 4) is 0 Å². The molecular weight excluding hydrogens is 202 g/mol. The van der Waals surface area contributed by atoms with Crippen LogP contribution in [0.3, 0.4) is 0 Å². The number of pyridine rings is 1. The van der Waals surface area contributed by atoms with Crippen molar-refractivity contribution in [1.29, 1.82) is 0 Å². The highest BCUT2D eigenvalue weighted by atomic mass is 16.1. The van der Waals surface area contributed by atoms with E-state index in [1.54, 1.807) is 12.4 Å². The molecule has 1 amide bonds. The summed E-state index contributed by atoms with van der Waals surface area (Å²) in [5.41, 5.74) is 1.14. The van der Waals surface area contributed by atoms with Gasteiger partial charge in [0.1, 0.15) is 0 Å². The van der Waals surface area contributed by atoms with E-state index >= 15 is 0 Å². The first-order valence-electron chi connectivity index (χ1n) is 5.69. The SMILES string of the molecule is CCCCNC(=O)CNCc1ccncc1. The van der Waals surface area contributed by atoms with Crippen molar-refractivity contribution in [2.24, 2.45) is 0 Å². The fourth-order valence-electron chi connectivity index (χ4n) is 1.29. The number of nitrogens with zero attached hydrogens (tertiary/aromatic N) is 1. The molecule has 4 heteroatoms. The molecule has 0 saturated carbocycles. The van der Waals surface area contributed by atoms with Gasteiger partial charge in [0.2, 0.25) is 5.91 Å². The van der Waals surface area contributed by atoms with E-state index in [9.17, 15) is 4.79 Å². The molecule has 0 atom stereocenters. The van der Waals surface area contributed by atoms with Gasteiger partial charge < -0.3 is 10.6 Å². The molecule has 1 heterocycles. The highest BCUT2D eigenvalue weighted by Crippen LogP contribution is 1.93. The van der Waals surface area contributed by atoms with Gasteiger partial charge in [0, 0.05) is 25.5 Å². The van der Waals surface area contributed by atoms with Gasteiger partial charge in [-0.15, -0.1) is 0 Å². The lowest BCUT2D eigenvalue weighted by atomic mass is 10.3. The third-order valence-corrected chi connectivity index (χ3v) is 2.22. The molecule has 0 spiro atoms. The van der Waals surface area contributed by atoms with E-state index in [1.165, 1.54) is 0 Å². The smallest absolute Gasteiger partial charge is 0.233 e. The van der Waals surface area contributed by atoms with Crippen LogP contribution in [0.2, 0.25) is 0 Å². The number of amides is 1. The number of aromatic nitrogens is 1. The number of carbonyl (C=O) groups is 1. The lowest BCUT2D eigenvalue weighted by molar-refractivity contribution is -0.120. The van der Waals surface area contributed by atoms with Gasteiger partial charge in [0.05, 0.1) is 6.54 Å². The van der Waals surface area contributed by atoms with Crippen LogP contribution in [0, 0.1) is 0 Å². The molecule has 1 aromatic rings. The summed E-state index contributed by atoms with van der Waals surface area (Å²) >= 11 is 0. The Balaban J connectivity index is 2.09. The monoisotopic (exact) mass is 221 g/mol. The van der Waals surface area contributed by atoms with Crippen LogP contribution in [0.4, 0.5) is 0 Å². The van der Waals surface area contributed by atoms with E-state index in [0.29, 0.717) is 13.1 Å². The van der Waals surface area contributed by atoms with Gasteiger partial charge in [-0.1, -0.05) is 13.3 Å². The molecule has 1 aromatic heterocycles. The molecule has 16 heavy (non-hydrogen) atoms. The number of nitrogens with one attached hydrogen (secondary N) is 2. The third kappa shape index (κ3) is 5.46. The Morgan fingerprint density at radius 2 is 2.12 bits per heavy atom. The Labute approximate surface area is 96.5 Å². The average molecular weight is 221 g/mol. The molecule has 0 fully saturated rings. The predicted molar refractivity (Wildman–Crippen MR) is 63.9 cm³/mol. The first-order valence-corrected chi connectivity index (χ1v) is 5.69. The molecule has 4 nitrogen and oxygen atoms in total. The topological polar surface area (TPSA) is 54.0 Å². The zero-order valence-corrected chi connectivity index (χ0v) is 9.70. The summed E-state index contributed by atoms with van der Waals surface area (Å²) in [6, 6.07) is 3.87. The number of hydrogen-bond donors (Lipinski definition) is 2. The maximum Gasteiger partial charge on any atom is 0.233 e. The van der Waals surface area contributed by atoms with Crippen molar-refractivity contribution >= 4 is 5.91 Å². The van der Waals surface area contributed by atoms with Gasteiger partial charge in [-0.2, -0.15) is 0 Å². The molecule has 1 rings (SSSR count). The van der Waals surface area contributed by atoms with Gasteiger partial charge in [-0.3, -0.25) is 9.78 Å². The zero-order valence-electron chi connectivity index (χ0n) is 9.70. The third-order valence-electron chi connectivity index (χ3n) is 2.22. The quantitative estimate of drug-likeness (QED) is 0.678. The summed E-state index contributed by atoms with van der Waals surface area (Å²) in [7, 11) is 0. The Bertz CT molecular complexity index is 300. The Morgan fingerprint density at radius 3 is 2.81 bits per heavy atom. The van der Waals surface area contributed by atoms with Crippen molar-refractivity contribution in [2.75, 3.05) is 13.1 Å². The van der Waals surface area contributed by atoms with Crippen molar-refractivity contribution in [2.45, 2.75) is 26.3 Å². The van der Waals surface area contributed by atoms with Gasteiger partial charge in [-0.05, 0) is 24.1 Å². The Hall–Kier alpha value is -1.42. The molecule has 0 bridgehead atoms. The van der Waals surface area contributed by atoms with Crippen LogP contribution in [0.15, 0.2) is 24.5 Å². The molecular formula is C12H19N3O. The van der Waals surface area contributed by atoms with Gasteiger partial charge in [0.25, 0.3) is 0 Å². The van der Waals surface area contributed by atoms with E-state index in [1.807, 2.05) is 12.1 Å². The van der Waals surface area contributed by atoms with Crippen LogP contribution in [0.1, 0.15) is 25.3 Å². The standard InChI is InChI=1S/C12H19N3O/c1-2-3-6-15-12(16)10-14-9-11-4-7-13-8-5-11/h4-5,7-8,14H,2-3,6,9-10H2,1H3,(H,15,16). The Morgan fingerprint density at radius 1 is 1.38 bits per heavy atom. The summed E-state index contributed by atoms with van der Waals surface area (Å²) < 4.78 is 0. The van der Waals surface area contributed by atoms with Crippen LogP contribution >= 0.6 is 0 Å². The van der Waals surface area contributed by atoms with Gasteiger partial charge in [-0.25, -0.2) is 0 Å². The van der Waals surface area contributed by atoms with Gasteiger partial charge >= 0.3 is 0 Å². The minimum Gasteiger partial charge on any atom is -0.355 e. The minimum atomic E-state index is 0.0579. The van der Waals surface area contributed by atoms with Crippen LogP contribution in [0.25, 0.3) is 0 Å². The fraction of sp³-hybridized carbons (Fsp3) is 0.500. The number of unbranched alkanes of at least 4 members (excludes halogenated alkanes) is 1. The van der Waals surface area contributed by atoms with E-state index < -0.39 is 0 Å². The second kappa shape index (κ2) is 7.82. The lowest BCUT2D eigenvalue weighted by Gasteiger charge is -2.05. The summed E-state index contributed by atoms with van der Waals surface area (Å²) in [4.78, 5) is 15.3. The van der Waals surface area contributed by atoms with E-state index in [2.05, 4.69) is 22.5 Å². The highest BCUT2D eigenvalue weighted by molar-refractivity contribution is 5.77. The maximum absolute atomic E-state index is 11.3. The predicted octanol–water partition coefficient (Wildman–Crippen LogP) is 1.09. The first kappa shape index (κ1) is 12.6. The number of hydrogen-bond acceptors (Lipinski definition) is 3. The number of rotatable bonds is 7. The van der Waals surface area contributed by atoms with Crippen LogP contribution < -0.4 is 10.6 Å². The average Bonchev–Trinajstić information content (AvgIpc) is 2.31. The second-order valence-corrected chi connectivity index (χ2v) is 3.66. The molecule has 0 aliphatic rings. The fourth-order valence-corrected chi connectivity index (χ4v) is 1.29. The van der Waals surface area contributed by atoms with Crippen LogP contribution in [0.5, 0.6) is 0 Å². The molecule has 0 aromatic carbocycles. The molecule has 0 aliphatic heterocycles. The summed E-state index contributed by atoms with van der Waals surface area (Å²) in [6.07, 6.45) is 5.64. The number of carbonyl (C=O) groups excluding carboxylic acids is 1. The molecule has 2 N–H and O–H groups in total. The largest absolute Gasteiger partial charge is 0.355 e. The van der Waals surface area contributed by atoms with Crippen molar-refractivity contribution in [3.63, 3.8) is 0 Å². The summed E-state index contributed by atoms with van der Waals surface area (Å²) in [5.74, 6) is 0.0579. The molecule has 0 saturated heterocycles. The lowest BCUT2D eigenvalue weighted by Crippen LogP contribution is -2.34. The normalized spacial score (nSPS) is 10.1. The van der Waals surface area contributed by atoms with E-state index in [0.717, 1.165) is 24.9 Å². The summed E-state index contributed by atoms with van der Waals surface area (Å²) in [5, 5.41) is 5.94. The molecule has 0 radical (unpaired) electrons. The second-order valence-electron chi connectivity index (χ2n) is 3.66. The molecule has 0 unspecified atom stereocenters.